The van der Waals surface area contributed by atoms with Crippen LogP contribution in [0.25, 0.3) is 0 Å². The molecule has 0 fully saturated rings. The molecule has 0 spiro atoms. The average molecular weight is 274 g/mol. The first-order valence-electron chi connectivity index (χ1n) is 6.99. The van der Waals surface area contributed by atoms with Crippen LogP contribution in [-0.2, 0) is 6.61 Å². The number of ether oxygens (including phenoxy) is 1. The number of rotatable bonds is 6. The van der Waals surface area contributed by atoms with Crippen LogP contribution < -0.4 is 10.1 Å². The zero-order valence-electron chi connectivity index (χ0n) is 12.6. The predicted molar refractivity (Wildman–Crippen MR) is 78.8 cm³/mol. The van der Waals surface area contributed by atoms with Gasteiger partial charge in [0.15, 0.2) is 5.76 Å². The number of aryl methyl sites for hydroxylation is 2. The first-order chi connectivity index (χ1) is 9.60. The van der Waals surface area contributed by atoms with Crippen molar-refractivity contribution >= 4 is 0 Å². The Hall–Kier alpha value is -1.81. The Balaban J connectivity index is 2.14. The lowest BCUT2D eigenvalue weighted by atomic mass is 10.0. The maximum absolute atomic E-state index is 5.91. The predicted octanol–water partition coefficient (Wildman–Crippen LogP) is 3.54. The van der Waals surface area contributed by atoms with Gasteiger partial charge >= 0.3 is 0 Å². The molecule has 2 aromatic rings. The molecule has 0 saturated carbocycles. The van der Waals surface area contributed by atoms with Gasteiger partial charge in [-0.1, -0.05) is 24.2 Å². The van der Waals surface area contributed by atoms with Crippen molar-refractivity contribution in [1.29, 1.82) is 0 Å². The molecule has 0 radical (unpaired) electrons. The van der Waals surface area contributed by atoms with Crippen molar-refractivity contribution < 1.29 is 9.26 Å². The highest BCUT2D eigenvalue weighted by Crippen LogP contribution is 2.27. The van der Waals surface area contributed by atoms with Crippen LogP contribution in [0.1, 0.15) is 42.5 Å². The number of nitrogens with zero attached hydrogens (tertiary/aromatic N) is 1. The molecule has 2 rings (SSSR count). The maximum Gasteiger partial charge on any atom is 0.174 e. The molecule has 0 bridgehead atoms. The van der Waals surface area contributed by atoms with E-state index in [9.17, 15) is 0 Å². The first kappa shape index (κ1) is 14.6. The average Bonchev–Trinajstić information content (AvgIpc) is 2.82. The maximum atomic E-state index is 5.91. The highest BCUT2D eigenvalue weighted by Gasteiger charge is 2.12. The smallest absolute Gasteiger partial charge is 0.174 e. The summed E-state index contributed by atoms with van der Waals surface area (Å²) in [6.45, 7) is 9.53. The van der Waals surface area contributed by atoms with Gasteiger partial charge in [0, 0.05) is 17.7 Å². The zero-order chi connectivity index (χ0) is 14.5. The van der Waals surface area contributed by atoms with Gasteiger partial charge < -0.3 is 14.6 Å². The van der Waals surface area contributed by atoms with Gasteiger partial charge in [-0.25, -0.2) is 0 Å². The number of aromatic nitrogens is 1. The standard InChI is InChI=1S/C16H22N2O2/c1-5-17-13(4)15-7-6-11(2)8-16(15)19-10-14-9-12(3)18-20-14/h6-9,13,17H,5,10H2,1-4H3. The van der Waals surface area contributed by atoms with Gasteiger partial charge in [-0.15, -0.1) is 0 Å². The topological polar surface area (TPSA) is 47.3 Å². The van der Waals surface area contributed by atoms with Gasteiger partial charge in [-0.05, 0) is 38.9 Å². The lowest BCUT2D eigenvalue weighted by Gasteiger charge is -2.17. The summed E-state index contributed by atoms with van der Waals surface area (Å²) >= 11 is 0. The number of hydrogen-bond donors (Lipinski definition) is 1. The summed E-state index contributed by atoms with van der Waals surface area (Å²) in [5, 5.41) is 7.27. The normalized spacial score (nSPS) is 12.4. The lowest BCUT2D eigenvalue weighted by Crippen LogP contribution is -2.18. The van der Waals surface area contributed by atoms with E-state index in [4.69, 9.17) is 9.26 Å². The highest BCUT2D eigenvalue weighted by atomic mass is 16.5. The minimum Gasteiger partial charge on any atom is -0.485 e. The molecule has 4 nitrogen and oxygen atoms in total. The molecule has 1 atom stereocenters. The van der Waals surface area contributed by atoms with E-state index in [0.717, 1.165) is 29.3 Å². The molecule has 1 heterocycles. The Bertz CT molecular complexity index is 563. The van der Waals surface area contributed by atoms with Crippen molar-refractivity contribution in [3.05, 3.63) is 46.8 Å². The van der Waals surface area contributed by atoms with E-state index in [1.807, 2.05) is 13.0 Å². The van der Waals surface area contributed by atoms with Crippen molar-refractivity contribution in [1.82, 2.24) is 10.5 Å². The van der Waals surface area contributed by atoms with Crippen LogP contribution in [-0.4, -0.2) is 11.7 Å². The van der Waals surface area contributed by atoms with Gasteiger partial charge in [-0.2, -0.15) is 0 Å². The van der Waals surface area contributed by atoms with Gasteiger partial charge in [0.1, 0.15) is 12.4 Å². The van der Waals surface area contributed by atoms with E-state index in [1.54, 1.807) is 0 Å². The van der Waals surface area contributed by atoms with E-state index in [-0.39, 0.29) is 6.04 Å². The van der Waals surface area contributed by atoms with Crippen molar-refractivity contribution in [3.63, 3.8) is 0 Å². The summed E-state index contributed by atoms with van der Waals surface area (Å²) in [6, 6.07) is 8.43. The molecule has 108 valence electrons. The molecule has 1 aromatic carbocycles. The van der Waals surface area contributed by atoms with Crippen LogP contribution in [0.2, 0.25) is 0 Å². The van der Waals surface area contributed by atoms with E-state index in [1.165, 1.54) is 5.56 Å². The van der Waals surface area contributed by atoms with Crippen LogP contribution in [0.4, 0.5) is 0 Å². The first-order valence-corrected chi connectivity index (χ1v) is 6.99. The second-order valence-electron chi connectivity index (χ2n) is 5.04. The highest BCUT2D eigenvalue weighted by molar-refractivity contribution is 5.39. The Morgan fingerprint density at radius 3 is 2.75 bits per heavy atom. The summed E-state index contributed by atoms with van der Waals surface area (Å²) < 4.78 is 11.1. The molecule has 0 amide bonds. The number of hydrogen-bond acceptors (Lipinski definition) is 4. The van der Waals surface area contributed by atoms with Gasteiger partial charge in [0.2, 0.25) is 0 Å². The van der Waals surface area contributed by atoms with Crippen LogP contribution >= 0.6 is 0 Å². The molecular weight excluding hydrogens is 252 g/mol. The third-order valence-electron chi connectivity index (χ3n) is 3.19. The van der Waals surface area contributed by atoms with E-state index in [2.05, 4.69) is 49.4 Å². The van der Waals surface area contributed by atoms with Crippen LogP contribution in [0.15, 0.2) is 28.8 Å². The summed E-state index contributed by atoms with van der Waals surface area (Å²) in [4.78, 5) is 0. The fraction of sp³-hybridized carbons (Fsp3) is 0.438. The molecule has 0 saturated heterocycles. The van der Waals surface area contributed by atoms with E-state index >= 15 is 0 Å². The second kappa shape index (κ2) is 6.57. The van der Waals surface area contributed by atoms with E-state index in [0.29, 0.717) is 6.61 Å². The summed E-state index contributed by atoms with van der Waals surface area (Å²) in [6.07, 6.45) is 0. The van der Waals surface area contributed by atoms with Crippen LogP contribution in [0.3, 0.4) is 0 Å². The molecule has 0 aliphatic heterocycles. The van der Waals surface area contributed by atoms with Crippen molar-refractivity contribution in [2.75, 3.05) is 6.54 Å². The molecule has 1 aromatic heterocycles. The fourth-order valence-corrected chi connectivity index (χ4v) is 2.17. The molecule has 0 aliphatic carbocycles. The fourth-order valence-electron chi connectivity index (χ4n) is 2.17. The molecule has 1 N–H and O–H groups in total. The number of nitrogens with one attached hydrogen (secondary N) is 1. The minimum absolute atomic E-state index is 0.257. The molecule has 1 unspecified atom stereocenters. The Labute approximate surface area is 120 Å². The summed E-state index contributed by atoms with van der Waals surface area (Å²) in [5.74, 6) is 1.64. The Kier molecular flexibility index (Phi) is 4.79. The van der Waals surface area contributed by atoms with Gasteiger partial charge in [-0.3, -0.25) is 0 Å². The van der Waals surface area contributed by atoms with Crippen molar-refractivity contribution in [2.45, 2.75) is 40.3 Å². The molecular formula is C16H22N2O2. The van der Waals surface area contributed by atoms with Crippen LogP contribution in [0.5, 0.6) is 5.75 Å². The van der Waals surface area contributed by atoms with Crippen LogP contribution in [0, 0.1) is 13.8 Å². The minimum atomic E-state index is 0.257. The Morgan fingerprint density at radius 1 is 1.30 bits per heavy atom. The second-order valence-corrected chi connectivity index (χ2v) is 5.04. The molecule has 0 aliphatic rings. The quantitative estimate of drug-likeness (QED) is 0.875. The molecule has 4 heteroatoms. The van der Waals surface area contributed by atoms with E-state index < -0.39 is 0 Å². The van der Waals surface area contributed by atoms with Gasteiger partial charge in [0.05, 0.1) is 5.69 Å². The van der Waals surface area contributed by atoms with Gasteiger partial charge in [0.25, 0.3) is 0 Å². The SMILES string of the molecule is CCNC(C)c1ccc(C)cc1OCc1cc(C)no1. The zero-order valence-corrected chi connectivity index (χ0v) is 12.6. The Morgan fingerprint density at radius 2 is 2.10 bits per heavy atom. The lowest BCUT2D eigenvalue weighted by molar-refractivity contribution is 0.245. The third-order valence-corrected chi connectivity index (χ3v) is 3.19. The monoisotopic (exact) mass is 274 g/mol. The molecule has 20 heavy (non-hydrogen) atoms. The third kappa shape index (κ3) is 3.61. The van der Waals surface area contributed by atoms with Crippen molar-refractivity contribution in [3.8, 4) is 5.75 Å². The summed E-state index contributed by atoms with van der Waals surface area (Å²) in [7, 11) is 0. The summed E-state index contributed by atoms with van der Waals surface area (Å²) in [5.41, 5.74) is 3.21. The number of benzene rings is 1. The van der Waals surface area contributed by atoms with Crippen molar-refractivity contribution in [2.24, 2.45) is 0 Å². The largest absolute Gasteiger partial charge is 0.485 e.